The largest absolute Gasteiger partial charge is 0.493 e. The smallest absolute Gasteiger partial charge is 0.426 e. The molecule has 0 aliphatic carbocycles. The topological polar surface area (TPSA) is 124 Å². The van der Waals surface area contributed by atoms with E-state index < -0.39 is 23.6 Å². The Morgan fingerprint density at radius 3 is 1.11 bits per heavy atom. The predicted molar refractivity (Wildman–Crippen MR) is 315 cm³/mol. The molecule has 0 saturated carbocycles. The maximum Gasteiger partial charge on any atom is 0.426 e. The molecule has 2 aromatic carbocycles. The lowest BCUT2D eigenvalue weighted by Gasteiger charge is -2.20. The molecule has 0 fully saturated rings. The van der Waals surface area contributed by atoms with E-state index in [4.69, 9.17) is 18.9 Å². The molecule has 2 rings (SSSR count). The second-order valence-corrected chi connectivity index (χ2v) is 22.6. The summed E-state index contributed by atoms with van der Waals surface area (Å²) in [5, 5.41) is 2.64. The van der Waals surface area contributed by atoms with Gasteiger partial charge >= 0.3 is 12.1 Å². The van der Waals surface area contributed by atoms with Crippen molar-refractivity contribution in [3.63, 3.8) is 0 Å². The second-order valence-electron chi connectivity index (χ2n) is 22.6. The Morgan fingerprint density at radius 2 is 0.773 bits per heavy atom. The number of hydrogen-bond acceptors (Lipinski definition) is 8. The normalized spacial score (nSPS) is 11.4. The Balaban J connectivity index is 1.68. The van der Waals surface area contributed by atoms with Crippen molar-refractivity contribution in [3.05, 3.63) is 53.6 Å². The summed E-state index contributed by atoms with van der Waals surface area (Å²) in [6.45, 7) is 10.9. The molecule has 0 bridgehead atoms. The van der Waals surface area contributed by atoms with Crippen LogP contribution in [0.3, 0.4) is 0 Å². The maximum atomic E-state index is 12.8. The third-order valence-corrected chi connectivity index (χ3v) is 14.1. The molecule has 10 heteroatoms. The van der Waals surface area contributed by atoms with Gasteiger partial charge in [-0.2, -0.15) is 0 Å². The number of anilines is 1. The predicted octanol–water partition coefficient (Wildman–Crippen LogP) is 19.4. The minimum Gasteiger partial charge on any atom is -0.493 e. The molecule has 2 aromatic rings. The van der Waals surface area contributed by atoms with Crippen molar-refractivity contribution < 1.29 is 33.3 Å². The Morgan fingerprint density at radius 1 is 0.440 bits per heavy atom. The third-order valence-electron chi connectivity index (χ3n) is 14.1. The van der Waals surface area contributed by atoms with Gasteiger partial charge in [-0.25, -0.2) is 10.2 Å². The number of amides is 2. The van der Waals surface area contributed by atoms with Crippen LogP contribution in [0.15, 0.2) is 42.5 Å². The maximum absolute atomic E-state index is 12.8. The first kappa shape index (κ1) is 67.2. The highest BCUT2D eigenvalue weighted by Gasteiger charge is 2.16. The van der Waals surface area contributed by atoms with Crippen LogP contribution in [-0.2, 0) is 20.9 Å². The first-order valence-electron chi connectivity index (χ1n) is 31.3. The summed E-state index contributed by atoms with van der Waals surface area (Å²) in [4.78, 5) is 37.6. The molecule has 0 heterocycles. The minimum absolute atomic E-state index is 0.0336. The van der Waals surface area contributed by atoms with Crippen molar-refractivity contribution >= 4 is 23.7 Å². The number of rotatable bonds is 51. The standard InChI is InChI=1S/C65H113N3O7/c1-6-8-10-12-14-16-18-20-22-24-26-28-30-32-34-36-38-40-42-44-50-72-60-52-57(56-74-62(69)55-66-63(70)58-46-48-59(49-47-58)67-68-64(71)75-65(3,4)5)53-61(54-60)73-51-45-43-41-39-37-35-33-31-29-27-25-23-21-19-17-15-13-11-9-7-2/h46-49,52-54,67H,6-45,50-51,55-56H2,1-5H3,(H,66,70)(H,68,71). The van der Waals surface area contributed by atoms with Crippen LogP contribution in [0.2, 0.25) is 0 Å². The molecule has 0 unspecified atom stereocenters. The van der Waals surface area contributed by atoms with Crippen LogP contribution in [0.1, 0.15) is 307 Å². The SMILES string of the molecule is CCCCCCCCCCCCCCCCCCCCCCOc1cc(COC(=O)CNC(=O)c2ccc(NNC(=O)OC(C)(C)C)cc2)cc(OCCCCCCCCCCCCCCCCCCCCCC)c1. The van der Waals surface area contributed by atoms with E-state index in [1.54, 1.807) is 45.0 Å². The summed E-state index contributed by atoms with van der Waals surface area (Å²) in [6, 6.07) is 12.3. The van der Waals surface area contributed by atoms with Gasteiger partial charge in [-0.3, -0.25) is 15.0 Å². The molecule has 10 nitrogen and oxygen atoms in total. The summed E-state index contributed by atoms with van der Waals surface area (Å²) in [7, 11) is 0. The molecule has 0 saturated heterocycles. The number of carbonyl (C=O) groups is 3. The first-order valence-corrected chi connectivity index (χ1v) is 31.3. The highest BCUT2D eigenvalue weighted by Crippen LogP contribution is 2.25. The van der Waals surface area contributed by atoms with Gasteiger partial charge in [0.05, 0.1) is 18.9 Å². The van der Waals surface area contributed by atoms with Gasteiger partial charge in [-0.15, -0.1) is 0 Å². The monoisotopic (exact) mass is 1050 g/mol. The second kappa shape index (κ2) is 47.3. The zero-order valence-corrected chi connectivity index (χ0v) is 49.0. The quantitative estimate of drug-likeness (QED) is 0.0340. The first-order chi connectivity index (χ1) is 36.6. The Labute approximate surface area is 459 Å². The van der Waals surface area contributed by atoms with E-state index in [0.29, 0.717) is 36.0 Å². The molecule has 0 radical (unpaired) electrons. The van der Waals surface area contributed by atoms with Crippen LogP contribution in [0.5, 0.6) is 11.5 Å². The van der Waals surface area contributed by atoms with E-state index in [0.717, 1.165) is 31.2 Å². The van der Waals surface area contributed by atoms with Gasteiger partial charge < -0.3 is 24.3 Å². The number of esters is 1. The Hall–Kier alpha value is -3.95. The van der Waals surface area contributed by atoms with Crippen molar-refractivity contribution in [1.82, 2.24) is 10.7 Å². The molecule has 0 atom stereocenters. The summed E-state index contributed by atoms with van der Waals surface area (Å²) < 4.78 is 23.3. The zero-order chi connectivity index (χ0) is 54.1. The molecular formula is C65H113N3O7. The summed E-state index contributed by atoms with van der Waals surface area (Å²) >= 11 is 0. The lowest BCUT2D eigenvalue weighted by atomic mass is 10.0. The molecule has 0 aliphatic heterocycles. The van der Waals surface area contributed by atoms with Crippen LogP contribution >= 0.6 is 0 Å². The number of hydrazine groups is 1. The Kier molecular flexibility index (Phi) is 42.3. The van der Waals surface area contributed by atoms with Crippen LogP contribution in [0.4, 0.5) is 10.5 Å². The highest BCUT2D eigenvalue weighted by atomic mass is 16.6. The van der Waals surface area contributed by atoms with Gasteiger partial charge in [0, 0.05) is 11.6 Å². The highest BCUT2D eigenvalue weighted by molar-refractivity contribution is 5.96. The van der Waals surface area contributed by atoms with E-state index in [2.05, 4.69) is 30.0 Å². The average molecular weight is 1050 g/mol. The molecule has 2 amide bonds. The number of benzene rings is 2. The number of ether oxygens (including phenoxy) is 4. The number of hydrogen-bond donors (Lipinski definition) is 3. The van der Waals surface area contributed by atoms with Crippen molar-refractivity contribution in [3.8, 4) is 11.5 Å². The summed E-state index contributed by atoms with van der Waals surface area (Å²) in [5.41, 5.74) is 6.29. The van der Waals surface area contributed by atoms with Gasteiger partial charge in [0.15, 0.2) is 0 Å². The van der Waals surface area contributed by atoms with E-state index in [1.807, 2.05) is 18.2 Å². The summed E-state index contributed by atoms with van der Waals surface area (Å²) in [6.07, 6.45) is 53.6. The molecule has 75 heavy (non-hydrogen) atoms. The Bertz CT molecular complexity index is 1600. The van der Waals surface area contributed by atoms with Crippen molar-refractivity contribution in [2.75, 3.05) is 25.2 Å². The van der Waals surface area contributed by atoms with Gasteiger partial charge in [0.2, 0.25) is 0 Å². The van der Waals surface area contributed by atoms with Gasteiger partial charge in [0.1, 0.15) is 30.3 Å². The van der Waals surface area contributed by atoms with Crippen molar-refractivity contribution in [2.45, 2.75) is 304 Å². The number of nitrogens with one attached hydrogen (secondary N) is 3. The molecule has 430 valence electrons. The van der Waals surface area contributed by atoms with E-state index in [-0.39, 0.29) is 13.2 Å². The van der Waals surface area contributed by atoms with Crippen LogP contribution in [-0.4, -0.2) is 43.3 Å². The molecule has 3 N–H and O–H groups in total. The van der Waals surface area contributed by atoms with E-state index in [1.165, 1.54) is 231 Å². The third kappa shape index (κ3) is 41.8. The van der Waals surface area contributed by atoms with Crippen molar-refractivity contribution in [2.24, 2.45) is 0 Å². The van der Waals surface area contributed by atoms with Crippen LogP contribution < -0.4 is 25.6 Å². The fourth-order valence-corrected chi connectivity index (χ4v) is 9.58. The number of carbonyl (C=O) groups excluding carboxylic acids is 3. The molecule has 0 spiro atoms. The molecule has 0 aliphatic rings. The van der Waals surface area contributed by atoms with Gasteiger partial charge in [-0.05, 0) is 75.6 Å². The van der Waals surface area contributed by atoms with Crippen molar-refractivity contribution in [1.29, 1.82) is 0 Å². The average Bonchev–Trinajstić information content (AvgIpc) is 3.39. The minimum atomic E-state index is -0.626. The van der Waals surface area contributed by atoms with Crippen LogP contribution in [0, 0.1) is 0 Å². The lowest BCUT2D eigenvalue weighted by molar-refractivity contribution is -0.143. The molecular weight excluding hydrogens is 935 g/mol. The van der Waals surface area contributed by atoms with E-state index in [9.17, 15) is 14.4 Å². The van der Waals surface area contributed by atoms with E-state index >= 15 is 0 Å². The van der Waals surface area contributed by atoms with Gasteiger partial charge in [-0.1, -0.05) is 258 Å². The fraction of sp³-hybridized carbons (Fsp3) is 0.769. The lowest BCUT2D eigenvalue weighted by Crippen LogP contribution is -2.35. The van der Waals surface area contributed by atoms with Gasteiger partial charge in [0.25, 0.3) is 5.91 Å². The zero-order valence-electron chi connectivity index (χ0n) is 49.0. The van der Waals surface area contributed by atoms with Crippen LogP contribution in [0.25, 0.3) is 0 Å². The number of unbranched alkanes of at least 4 members (excludes halogenated alkanes) is 38. The fourth-order valence-electron chi connectivity index (χ4n) is 9.58. The summed E-state index contributed by atoms with van der Waals surface area (Å²) in [5.74, 6) is 0.463. The molecule has 0 aromatic heterocycles.